The number of carbonyl (C=O) groups is 1. The van der Waals surface area contributed by atoms with Crippen molar-refractivity contribution in [3.63, 3.8) is 0 Å². The van der Waals surface area contributed by atoms with Crippen molar-refractivity contribution in [2.24, 2.45) is 5.73 Å². The van der Waals surface area contributed by atoms with Crippen LogP contribution in [0, 0.1) is 0 Å². The number of halogens is 2. The third kappa shape index (κ3) is 5.49. The van der Waals surface area contributed by atoms with Crippen molar-refractivity contribution in [1.82, 2.24) is 5.32 Å². The van der Waals surface area contributed by atoms with E-state index in [1.807, 2.05) is 42.5 Å². The van der Waals surface area contributed by atoms with Crippen LogP contribution in [0.2, 0.25) is 10.0 Å². The van der Waals surface area contributed by atoms with Crippen molar-refractivity contribution in [2.45, 2.75) is 13.0 Å². The number of primary amides is 1. The van der Waals surface area contributed by atoms with E-state index in [9.17, 15) is 4.79 Å². The van der Waals surface area contributed by atoms with Crippen molar-refractivity contribution in [3.05, 3.63) is 93.5 Å². The van der Waals surface area contributed by atoms with Gasteiger partial charge in [0.05, 0.1) is 0 Å². The van der Waals surface area contributed by atoms with Gasteiger partial charge in [-0.1, -0.05) is 41.4 Å². The molecule has 6 heteroatoms. The number of nitrogens with one attached hydrogen (secondary N) is 1. The number of rotatable bonds is 8. The van der Waals surface area contributed by atoms with Gasteiger partial charge in [-0.3, -0.25) is 4.79 Å². The lowest BCUT2D eigenvalue weighted by molar-refractivity contribution is 0.100. The van der Waals surface area contributed by atoms with Gasteiger partial charge in [0.25, 0.3) is 0 Å². The van der Waals surface area contributed by atoms with Gasteiger partial charge >= 0.3 is 0 Å². The Bertz CT molecular complexity index is 922. The van der Waals surface area contributed by atoms with Crippen molar-refractivity contribution in [2.75, 3.05) is 6.54 Å². The van der Waals surface area contributed by atoms with Crippen molar-refractivity contribution in [3.8, 4) is 11.5 Å². The summed E-state index contributed by atoms with van der Waals surface area (Å²) in [5, 5.41) is 4.78. The average molecular weight is 415 g/mol. The van der Waals surface area contributed by atoms with E-state index in [1.165, 1.54) is 0 Å². The van der Waals surface area contributed by atoms with Gasteiger partial charge in [-0.2, -0.15) is 0 Å². The molecule has 0 radical (unpaired) electrons. The predicted molar refractivity (Wildman–Crippen MR) is 113 cm³/mol. The van der Waals surface area contributed by atoms with E-state index in [0.717, 1.165) is 36.4 Å². The Morgan fingerprint density at radius 3 is 2.04 bits per heavy atom. The number of nitrogens with two attached hydrogens (primary N) is 1. The van der Waals surface area contributed by atoms with Crippen LogP contribution in [0.15, 0.2) is 66.7 Å². The van der Waals surface area contributed by atoms with E-state index in [-0.39, 0.29) is 0 Å². The first-order chi connectivity index (χ1) is 13.5. The van der Waals surface area contributed by atoms with Gasteiger partial charge in [-0.25, -0.2) is 0 Å². The molecular weight excluding hydrogens is 395 g/mol. The summed E-state index contributed by atoms with van der Waals surface area (Å²) in [4.78, 5) is 11.1. The van der Waals surface area contributed by atoms with Gasteiger partial charge < -0.3 is 15.8 Å². The molecule has 3 aromatic carbocycles. The summed E-state index contributed by atoms with van der Waals surface area (Å²) in [5.41, 5.74) is 7.79. The van der Waals surface area contributed by atoms with E-state index in [0.29, 0.717) is 21.4 Å². The van der Waals surface area contributed by atoms with Gasteiger partial charge in [0.1, 0.15) is 11.5 Å². The summed E-state index contributed by atoms with van der Waals surface area (Å²) in [6, 6.07) is 20.1. The molecule has 0 saturated carbocycles. The van der Waals surface area contributed by atoms with E-state index >= 15 is 0 Å². The standard InChI is InChI=1S/C22H20Cl2N2O2/c23-20-2-1-3-21(24)19(20)12-13-26-14-15-4-8-17(9-5-15)28-18-10-6-16(7-11-18)22(25)27/h1-11,26H,12-14H2,(H2,25,27). The van der Waals surface area contributed by atoms with Crippen LogP contribution >= 0.6 is 23.2 Å². The van der Waals surface area contributed by atoms with Crippen molar-refractivity contribution < 1.29 is 9.53 Å². The molecular formula is C22H20Cl2N2O2. The highest BCUT2D eigenvalue weighted by molar-refractivity contribution is 6.35. The summed E-state index contributed by atoms with van der Waals surface area (Å²) >= 11 is 12.4. The van der Waals surface area contributed by atoms with Gasteiger partial charge in [0.15, 0.2) is 0 Å². The molecule has 28 heavy (non-hydrogen) atoms. The SMILES string of the molecule is NC(=O)c1ccc(Oc2ccc(CNCCc3c(Cl)cccc3Cl)cc2)cc1. The second-order valence-corrected chi connectivity index (χ2v) is 7.08. The number of hydrogen-bond acceptors (Lipinski definition) is 3. The molecule has 3 aromatic rings. The molecule has 0 spiro atoms. The van der Waals surface area contributed by atoms with Crippen LogP contribution in [-0.2, 0) is 13.0 Å². The molecule has 0 saturated heterocycles. The largest absolute Gasteiger partial charge is 0.457 e. The maximum atomic E-state index is 11.1. The molecule has 0 aromatic heterocycles. The summed E-state index contributed by atoms with van der Waals surface area (Å²) in [7, 11) is 0. The molecule has 0 unspecified atom stereocenters. The highest BCUT2D eigenvalue weighted by Crippen LogP contribution is 2.24. The number of amides is 1. The maximum Gasteiger partial charge on any atom is 0.248 e. The van der Waals surface area contributed by atoms with Crippen LogP contribution in [0.1, 0.15) is 21.5 Å². The van der Waals surface area contributed by atoms with Crippen LogP contribution in [0.5, 0.6) is 11.5 Å². The molecule has 0 heterocycles. The third-order valence-corrected chi connectivity index (χ3v) is 4.95. The second-order valence-electron chi connectivity index (χ2n) is 6.26. The summed E-state index contributed by atoms with van der Waals surface area (Å²) in [6.45, 7) is 1.50. The van der Waals surface area contributed by atoms with Crippen LogP contribution in [0.25, 0.3) is 0 Å². The normalized spacial score (nSPS) is 10.6. The Hall–Kier alpha value is -2.53. The van der Waals surface area contributed by atoms with Crippen LogP contribution in [-0.4, -0.2) is 12.5 Å². The molecule has 4 nitrogen and oxygen atoms in total. The monoisotopic (exact) mass is 414 g/mol. The summed E-state index contributed by atoms with van der Waals surface area (Å²) in [5.74, 6) is 0.908. The Labute approximate surface area is 174 Å². The number of carbonyl (C=O) groups excluding carboxylic acids is 1. The Morgan fingerprint density at radius 1 is 0.893 bits per heavy atom. The molecule has 0 fully saturated rings. The fourth-order valence-electron chi connectivity index (χ4n) is 2.72. The number of ether oxygens (including phenoxy) is 1. The van der Waals surface area contributed by atoms with E-state index in [2.05, 4.69) is 5.32 Å². The second kappa shape index (κ2) is 9.60. The minimum absolute atomic E-state index is 0.451. The van der Waals surface area contributed by atoms with Crippen LogP contribution in [0.4, 0.5) is 0 Å². The molecule has 0 aliphatic carbocycles. The fourth-order valence-corrected chi connectivity index (χ4v) is 3.30. The van der Waals surface area contributed by atoms with Crippen LogP contribution in [0.3, 0.4) is 0 Å². The molecule has 0 aliphatic heterocycles. The topological polar surface area (TPSA) is 64.4 Å². The third-order valence-electron chi connectivity index (χ3n) is 4.24. The molecule has 0 atom stereocenters. The van der Waals surface area contributed by atoms with Crippen molar-refractivity contribution in [1.29, 1.82) is 0 Å². The Balaban J connectivity index is 1.48. The molecule has 144 valence electrons. The smallest absolute Gasteiger partial charge is 0.248 e. The summed E-state index contributed by atoms with van der Waals surface area (Å²) < 4.78 is 5.78. The first-order valence-corrected chi connectivity index (χ1v) is 9.59. The molecule has 3 rings (SSSR count). The lowest BCUT2D eigenvalue weighted by Gasteiger charge is -2.09. The van der Waals surface area contributed by atoms with Gasteiger partial charge in [-0.15, -0.1) is 0 Å². The summed E-state index contributed by atoms with van der Waals surface area (Å²) in [6.07, 6.45) is 0.765. The lowest BCUT2D eigenvalue weighted by Crippen LogP contribution is -2.16. The quantitative estimate of drug-likeness (QED) is 0.496. The van der Waals surface area contributed by atoms with Gasteiger partial charge in [0, 0.05) is 22.2 Å². The first-order valence-electron chi connectivity index (χ1n) is 8.83. The van der Waals surface area contributed by atoms with Gasteiger partial charge in [0.2, 0.25) is 5.91 Å². The van der Waals surface area contributed by atoms with E-state index in [4.69, 9.17) is 33.7 Å². The van der Waals surface area contributed by atoms with Crippen LogP contribution < -0.4 is 15.8 Å². The molecule has 0 aliphatic rings. The molecule has 0 bridgehead atoms. The van der Waals surface area contributed by atoms with E-state index < -0.39 is 5.91 Å². The average Bonchev–Trinajstić information content (AvgIpc) is 2.69. The van der Waals surface area contributed by atoms with E-state index in [1.54, 1.807) is 24.3 Å². The first kappa shape index (κ1) is 20.2. The highest BCUT2D eigenvalue weighted by atomic mass is 35.5. The molecule has 1 amide bonds. The number of hydrogen-bond donors (Lipinski definition) is 2. The van der Waals surface area contributed by atoms with Crippen molar-refractivity contribution >= 4 is 29.1 Å². The predicted octanol–water partition coefficient (Wildman–Crippen LogP) is 5.22. The van der Waals surface area contributed by atoms with Gasteiger partial charge in [-0.05, 0) is 72.6 Å². The lowest BCUT2D eigenvalue weighted by atomic mass is 10.1. The zero-order valence-electron chi connectivity index (χ0n) is 15.1. The zero-order chi connectivity index (χ0) is 19.9. The minimum Gasteiger partial charge on any atom is -0.457 e. The zero-order valence-corrected chi connectivity index (χ0v) is 16.6. The fraction of sp³-hybridized carbons (Fsp3) is 0.136. The highest BCUT2D eigenvalue weighted by Gasteiger charge is 2.05. The Morgan fingerprint density at radius 2 is 1.46 bits per heavy atom. The minimum atomic E-state index is -0.458. The molecule has 3 N–H and O–H groups in total. The Kier molecular flexibility index (Phi) is 6.93. The number of benzene rings is 3. The maximum absolute atomic E-state index is 11.1.